The summed E-state index contributed by atoms with van der Waals surface area (Å²) in [7, 11) is -3.48. The lowest BCUT2D eigenvalue weighted by molar-refractivity contribution is -0.126. The summed E-state index contributed by atoms with van der Waals surface area (Å²) in [5, 5.41) is 2.88. The standard InChI is InChI=1S/C18H27N3O3S/c1-13(12-19)20-18(22)15-7-9-21(10-8-15)25(23,24)17-6-5-14-3-2-4-16(14)11-17/h5-6,11,13,15H,2-4,7-10,12,19H2,1H3,(H,20,22)/t13-/m0/s1. The van der Waals surface area contributed by atoms with E-state index in [4.69, 9.17) is 5.73 Å². The second kappa shape index (κ2) is 7.43. The van der Waals surface area contributed by atoms with Gasteiger partial charge in [-0.3, -0.25) is 4.79 Å². The van der Waals surface area contributed by atoms with Crippen molar-refractivity contribution >= 4 is 15.9 Å². The average molecular weight is 365 g/mol. The van der Waals surface area contributed by atoms with Crippen LogP contribution in [0.1, 0.15) is 37.3 Å². The van der Waals surface area contributed by atoms with E-state index < -0.39 is 10.0 Å². The van der Waals surface area contributed by atoms with Crippen molar-refractivity contribution in [3.8, 4) is 0 Å². The van der Waals surface area contributed by atoms with E-state index in [0.29, 0.717) is 37.4 Å². The SMILES string of the molecule is C[C@@H](CN)NC(=O)C1CCN(S(=O)(=O)c2ccc3c(c2)CCC3)CC1. The maximum atomic E-state index is 12.9. The number of nitrogens with one attached hydrogen (secondary N) is 1. The summed E-state index contributed by atoms with van der Waals surface area (Å²) in [4.78, 5) is 12.6. The third-order valence-corrected chi connectivity index (χ3v) is 7.17. The highest BCUT2D eigenvalue weighted by molar-refractivity contribution is 7.89. The molecule has 2 aliphatic rings. The maximum absolute atomic E-state index is 12.9. The van der Waals surface area contributed by atoms with Crippen molar-refractivity contribution in [2.75, 3.05) is 19.6 Å². The molecule has 0 aromatic heterocycles. The topological polar surface area (TPSA) is 92.5 Å². The molecule has 1 fully saturated rings. The van der Waals surface area contributed by atoms with Gasteiger partial charge in [0.15, 0.2) is 0 Å². The fourth-order valence-electron chi connectivity index (χ4n) is 3.64. The van der Waals surface area contributed by atoms with Crippen LogP contribution < -0.4 is 11.1 Å². The summed E-state index contributed by atoms with van der Waals surface area (Å²) in [5.74, 6) is -0.159. The number of hydrogen-bond donors (Lipinski definition) is 2. The summed E-state index contributed by atoms with van der Waals surface area (Å²) in [6.45, 7) is 3.03. The number of rotatable bonds is 5. The second-order valence-electron chi connectivity index (χ2n) is 7.11. The number of piperidine rings is 1. The molecule has 0 saturated carbocycles. The molecule has 0 bridgehead atoms. The molecule has 0 unspecified atom stereocenters. The van der Waals surface area contributed by atoms with E-state index in [9.17, 15) is 13.2 Å². The van der Waals surface area contributed by atoms with Crippen molar-refractivity contribution in [1.82, 2.24) is 9.62 Å². The molecule has 138 valence electrons. The Bertz CT molecular complexity index is 740. The molecule has 1 aliphatic carbocycles. The van der Waals surface area contributed by atoms with Crippen molar-refractivity contribution in [3.63, 3.8) is 0 Å². The largest absolute Gasteiger partial charge is 0.352 e. The Morgan fingerprint density at radius 3 is 2.64 bits per heavy atom. The Morgan fingerprint density at radius 2 is 1.96 bits per heavy atom. The summed E-state index contributed by atoms with van der Waals surface area (Å²) in [6, 6.07) is 5.45. The summed E-state index contributed by atoms with van der Waals surface area (Å²) >= 11 is 0. The van der Waals surface area contributed by atoms with Crippen molar-refractivity contribution < 1.29 is 13.2 Å². The summed E-state index contributed by atoms with van der Waals surface area (Å²) in [5.41, 5.74) is 7.96. The second-order valence-corrected chi connectivity index (χ2v) is 9.05. The van der Waals surface area contributed by atoms with Crippen LogP contribution in [0.5, 0.6) is 0 Å². The quantitative estimate of drug-likeness (QED) is 0.815. The van der Waals surface area contributed by atoms with Gasteiger partial charge in [0.1, 0.15) is 0 Å². The number of carbonyl (C=O) groups excluding carboxylic acids is 1. The molecule has 1 aromatic rings. The Kier molecular flexibility index (Phi) is 5.46. The van der Waals surface area contributed by atoms with E-state index in [-0.39, 0.29) is 17.9 Å². The van der Waals surface area contributed by atoms with Gasteiger partial charge in [0, 0.05) is 31.6 Å². The van der Waals surface area contributed by atoms with Crippen LogP contribution in [-0.4, -0.2) is 44.3 Å². The molecule has 3 N–H and O–H groups in total. The van der Waals surface area contributed by atoms with Gasteiger partial charge in [0.2, 0.25) is 15.9 Å². The molecule has 25 heavy (non-hydrogen) atoms. The number of nitrogens with two attached hydrogens (primary N) is 1. The van der Waals surface area contributed by atoms with Crippen LogP contribution in [0.3, 0.4) is 0 Å². The molecule has 1 amide bonds. The van der Waals surface area contributed by atoms with Crippen molar-refractivity contribution in [2.24, 2.45) is 11.7 Å². The fourth-order valence-corrected chi connectivity index (χ4v) is 5.16. The average Bonchev–Trinajstić information content (AvgIpc) is 3.09. The molecule has 1 aromatic carbocycles. The fraction of sp³-hybridized carbons (Fsp3) is 0.611. The lowest BCUT2D eigenvalue weighted by Crippen LogP contribution is -2.46. The van der Waals surface area contributed by atoms with Gasteiger partial charge in [-0.15, -0.1) is 0 Å². The predicted molar refractivity (Wildman–Crippen MR) is 96.6 cm³/mol. The monoisotopic (exact) mass is 365 g/mol. The number of hydrogen-bond acceptors (Lipinski definition) is 4. The minimum atomic E-state index is -3.48. The van der Waals surface area contributed by atoms with Gasteiger partial charge in [-0.1, -0.05) is 6.07 Å². The zero-order valence-corrected chi connectivity index (χ0v) is 15.5. The Morgan fingerprint density at radius 1 is 1.28 bits per heavy atom. The van der Waals surface area contributed by atoms with Crippen LogP contribution in [0, 0.1) is 5.92 Å². The molecule has 6 nitrogen and oxygen atoms in total. The van der Waals surface area contributed by atoms with Crippen molar-refractivity contribution in [1.29, 1.82) is 0 Å². The first-order valence-corrected chi connectivity index (χ1v) is 10.5. The van der Waals surface area contributed by atoms with Crippen LogP contribution in [-0.2, 0) is 27.7 Å². The Labute approximate surface area is 149 Å². The van der Waals surface area contributed by atoms with Gasteiger partial charge in [0.05, 0.1) is 4.90 Å². The third-order valence-electron chi connectivity index (χ3n) is 5.27. The van der Waals surface area contributed by atoms with Crippen LogP contribution in [0.2, 0.25) is 0 Å². The van der Waals surface area contributed by atoms with Gasteiger partial charge in [0.25, 0.3) is 0 Å². The van der Waals surface area contributed by atoms with Gasteiger partial charge in [-0.25, -0.2) is 8.42 Å². The van der Waals surface area contributed by atoms with E-state index in [1.54, 1.807) is 6.07 Å². The highest BCUT2D eigenvalue weighted by Gasteiger charge is 2.32. The molecule has 1 aliphatic heterocycles. The van der Waals surface area contributed by atoms with Gasteiger partial charge < -0.3 is 11.1 Å². The maximum Gasteiger partial charge on any atom is 0.243 e. The number of nitrogens with zero attached hydrogens (tertiary/aromatic N) is 1. The number of amides is 1. The van der Waals surface area contributed by atoms with Gasteiger partial charge in [-0.05, 0) is 62.3 Å². The Balaban J connectivity index is 1.65. The number of carbonyl (C=O) groups is 1. The Hall–Kier alpha value is -1.44. The van der Waals surface area contributed by atoms with Crippen LogP contribution >= 0.6 is 0 Å². The molecule has 1 heterocycles. The zero-order chi connectivity index (χ0) is 18.0. The van der Waals surface area contributed by atoms with E-state index in [2.05, 4.69) is 5.32 Å². The first-order valence-electron chi connectivity index (χ1n) is 9.04. The first-order chi connectivity index (χ1) is 11.9. The normalized spacial score (nSPS) is 20.2. The van der Waals surface area contributed by atoms with Crippen LogP contribution in [0.15, 0.2) is 23.1 Å². The highest BCUT2D eigenvalue weighted by Crippen LogP contribution is 2.28. The van der Waals surface area contributed by atoms with E-state index in [1.165, 1.54) is 9.87 Å². The van der Waals surface area contributed by atoms with E-state index >= 15 is 0 Å². The molecule has 0 spiro atoms. The zero-order valence-electron chi connectivity index (χ0n) is 14.7. The molecule has 1 saturated heterocycles. The minimum Gasteiger partial charge on any atom is -0.352 e. The minimum absolute atomic E-state index is 0.0208. The molecule has 0 radical (unpaired) electrons. The molecule has 7 heteroatoms. The van der Waals surface area contributed by atoms with Crippen molar-refractivity contribution in [2.45, 2.75) is 50.0 Å². The van der Waals surface area contributed by atoms with Gasteiger partial charge >= 0.3 is 0 Å². The number of fused-ring (bicyclic) bond motifs is 1. The number of sulfonamides is 1. The summed E-state index contributed by atoms with van der Waals surface area (Å²) in [6.07, 6.45) is 4.19. The highest BCUT2D eigenvalue weighted by atomic mass is 32.2. The summed E-state index contributed by atoms with van der Waals surface area (Å²) < 4.78 is 27.3. The van der Waals surface area contributed by atoms with Crippen LogP contribution in [0.25, 0.3) is 0 Å². The molecular weight excluding hydrogens is 338 g/mol. The third kappa shape index (κ3) is 3.88. The van der Waals surface area contributed by atoms with E-state index in [0.717, 1.165) is 24.8 Å². The van der Waals surface area contributed by atoms with Gasteiger partial charge in [-0.2, -0.15) is 4.31 Å². The number of benzene rings is 1. The number of aryl methyl sites for hydroxylation is 2. The predicted octanol–water partition coefficient (Wildman–Crippen LogP) is 1.04. The first kappa shape index (κ1) is 18.4. The lowest BCUT2D eigenvalue weighted by atomic mass is 9.97. The smallest absolute Gasteiger partial charge is 0.243 e. The molecule has 1 atom stereocenters. The van der Waals surface area contributed by atoms with Crippen molar-refractivity contribution in [3.05, 3.63) is 29.3 Å². The van der Waals surface area contributed by atoms with Crippen LogP contribution in [0.4, 0.5) is 0 Å². The van der Waals surface area contributed by atoms with E-state index in [1.807, 2.05) is 19.1 Å². The molecular formula is C18H27N3O3S. The molecule has 3 rings (SSSR count). The lowest BCUT2D eigenvalue weighted by Gasteiger charge is -2.31.